The quantitative estimate of drug-likeness (QED) is 0.527. The number of aromatic nitrogens is 2. The van der Waals surface area contributed by atoms with Crippen molar-refractivity contribution in [2.45, 2.75) is 32.1 Å². The lowest BCUT2D eigenvalue weighted by Crippen LogP contribution is -2.43. The highest BCUT2D eigenvalue weighted by molar-refractivity contribution is 6.30. The average Bonchev–Trinajstić information content (AvgIpc) is 3.40. The number of benzene rings is 2. The zero-order chi connectivity index (χ0) is 23.2. The van der Waals surface area contributed by atoms with E-state index in [2.05, 4.69) is 11.1 Å². The van der Waals surface area contributed by atoms with Crippen LogP contribution in [0.4, 0.5) is 0 Å². The van der Waals surface area contributed by atoms with Gasteiger partial charge >= 0.3 is 0 Å². The topological polar surface area (TPSA) is 85.4 Å². The van der Waals surface area contributed by atoms with Crippen molar-refractivity contribution in [3.8, 4) is 6.07 Å². The summed E-state index contributed by atoms with van der Waals surface area (Å²) in [6, 6.07) is 16.9. The van der Waals surface area contributed by atoms with Crippen LogP contribution < -0.4 is 0 Å². The van der Waals surface area contributed by atoms with Crippen LogP contribution in [-0.4, -0.2) is 56.1 Å². The van der Waals surface area contributed by atoms with Crippen LogP contribution in [0, 0.1) is 11.3 Å². The van der Waals surface area contributed by atoms with Crippen LogP contribution in [0.3, 0.4) is 0 Å². The third-order valence-electron chi connectivity index (χ3n) is 5.96. The highest BCUT2D eigenvalue weighted by Crippen LogP contribution is 2.23. The molecule has 0 spiro atoms. The molecule has 33 heavy (non-hydrogen) atoms. The fourth-order valence-electron chi connectivity index (χ4n) is 4.26. The second kappa shape index (κ2) is 10.6. The van der Waals surface area contributed by atoms with Crippen LogP contribution in [0.1, 0.15) is 28.8 Å². The Hall–Kier alpha value is -3.18. The van der Waals surface area contributed by atoms with Gasteiger partial charge in [-0.1, -0.05) is 35.9 Å². The number of aliphatic hydroxyl groups excluding tert-OH is 1. The van der Waals surface area contributed by atoms with Gasteiger partial charge in [-0.2, -0.15) is 5.26 Å². The van der Waals surface area contributed by atoms with Crippen LogP contribution in [0.15, 0.2) is 61.1 Å². The molecule has 170 valence electrons. The normalized spacial score (nSPS) is 15.9. The van der Waals surface area contributed by atoms with Gasteiger partial charge in [0.15, 0.2) is 0 Å². The molecule has 0 aliphatic carbocycles. The summed E-state index contributed by atoms with van der Waals surface area (Å²) in [5, 5.41) is 19.3. The maximum atomic E-state index is 13.2. The van der Waals surface area contributed by atoms with E-state index in [0.717, 1.165) is 16.8 Å². The molecule has 8 heteroatoms. The van der Waals surface area contributed by atoms with Crippen molar-refractivity contribution in [2.24, 2.45) is 0 Å². The van der Waals surface area contributed by atoms with Crippen molar-refractivity contribution in [1.29, 1.82) is 5.26 Å². The van der Waals surface area contributed by atoms with Crippen LogP contribution in [0.2, 0.25) is 5.02 Å². The summed E-state index contributed by atoms with van der Waals surface area (Å²) in [5.74, 6) is 0.0709. The SMILES string of the molecule is N#Cc1ccc(Cn2cncc2CN(CCO)[C@H]2CCN(Cc3cccc(Cl)c3)C2=O)cc1. The van der Waals surface area contributed by atoms with E-state index >= 15 is 0 Å². The van der Waals surface area contributed by atoms with E-state index < -0.39 is 0 Å². The maximum absolute atomic E-state index is 13.2. The predicted octanol–water partition coefficient (Wildman–Crippen LogP) is 3.05. The Balaban J connectivity index is 1.44. The minimum atomic E-state index is -0.283. The van der Waals surface area contributed by atoms with E-state index in [1.807, 2.05) is 50.8 Å². The van der Waals surface area contributed by atoms with E-state index in [4.69, 9.17) is 16.9 Å². The van der Waals surface area contributed by atoms with E-state index in [1.54, 1.807) is 24.7 Å². The van der Waals surface area contributed by atoms with Gasteiger partial charge in [0.05, 0.1) is 36.3 Å². The molecule has 0 saturated carbocycles. The lowest BCUT2D eigenvalue weighted by molar-refractivity contribution is -0.133. The van der Waals surface area contributed by atoms with E-state index in [0.29, 0.717) is 49.7 Å². The molecule has 2 heterocycles. The number of halogens is 1. The fraction of sp³-hybridized carbons (Fsp3) is 0.320. The van der Waals surface area contributed by atoms with Crippen molar-refractivity contribution in [3.63, 3.8) is 0 Å². The second-order valence-corrected chi connectivity index (χ2v) is 8.65. The molecule has 1 fully saturated rings. The maximum Gasteiger partial charge on any atom is 0.240 e. The molecule has 1 aromatic heterocycles. The van der Waals surface area contributed by atoms with Crippen molar-refractivity contribution >= 4 is 17.5 Å². The molecule has 1 atom stereocenters. The lowest BCUT2D eigenvalue weighted by atomic mass is 10.1. The van der Waals surface area contributed by atoms with Gasteiger partial charge in [-0.25, -0.2) is 4.98 Å². The molecule has 2 aromatic carbocycles. The van der Waals surface area contributed by atoms with Crippen molar-refractivity contribution < 1.29 is 9.90 Å². The monoisotopic (exact) mass is 463 g/mol. The number of aliphatic hydroxyl groups is 1. The third kappa shape index (κ3) is 5.60. The van der Waals surface area contributed by atoms with Crippen LogP contribution in [-0.2, 0) is 24.4 Å². The molecule has 1 aliphatic rings. The summed E-state index contributed by atoms with van der Waals surface area (Å²) in [6.07, 6.45) is 4.28. The Bertz CT molecular complexity index is 1140. The van der Waals surface area contributed by atoms with E-state index in [9.17, 15) is 9.90 Å². The molecular weight excluding hydrogens is 438 g/mol. The molecule has 1 N–H and O–H groups in total. The molecular formula is C25H26ClN5O2. The summed E-state index contributed by atoms with van der Waals surface area (Å²) in [4.78, 5) is 21.4. The van der Waals surface area contributed by atoms with Crippen LogP contribution in [0.5, 0.6) is 0 Å². The van der Waals surface area contributed by atoms with Gasteiger partial charge in [0.25, 0.3) is 0 Å². The van der Waals surface area contributed by atoms with Gasteiger partial charge in [-0.05, 0) is 41.8 Å². The molecule has 1 aliphatic heterocycles. The first-order valence-electron chi connectivity index (χ1n) is 10.9. The first-order valence-corrected chi connectivity index (χ1v) is 11.3. The molecule has 0 radical (unpaired) electrons. The first-order chi connectivity index (χ1) is 16.1. The molecule has 4 rings (SSSR count). The zero-order valence-electron chi connectivity index (χ0n) is 18.3. The van der Waals surface area contributed by atoms with Gasteiger partial charge in [0, 0.05) is 43.9 Å². The number of carbonyl (C=O) groups is 1. The second-order valence-electron chi connectivity index (χ2n) is 8.21. The Morgan fingerprint density at radius 2 is 2.00 bits per heavy atom. The van der Waals surface area contributed by atoms with Crippen molar-refractivity contribution in [2.75, 3.05) is 19.7 Å². The Kier molecular flexibility index (Phi) is 7.40. The summed E-state index contributed by atoms with van der Waals surface area (Å²) >= 11 is 6.09. The fourth-order valence-corrected chi connectivity index (χ4v) is 4.47. The highest BCUT2D eigenvalue weighted by Gasteiger charge is 2.36. The standard InChI is InChI=1S/C25H26ClN5O2/c26-22-3-1-2-21(12-22)16-30-9-8-24(25(30)33)29(10-11-32)17-23-14-28-18-31(23)15-20-6-4-19(13-27)5-7-20/h1-7,12,14,18,24,32H,8-11,15-17H2/t24-/m0/s1. The summed E-state index contributed by atoms with van der Waals surface area (Å²) in [6.45, 7) is 2.71. The van der Waals surface area contributed by atoms with Crippen molar-refractivity contribution in [3.05, 3.63) is 88.5 Å². The number of nitrogens with zero attached hydrogens (tertiary/aromatic N) is 5. The minimum Gasteiger partial charge on any atom is -0.395 e. The molecule has 7 nitrogen and oxygen atoms in total. The number of nitriles is 1. The Morgan fingerprint density at radius 1 is 1.18 bits per heavy atom. The van der Waals surface area contributed by atoms with Crippen LogP contribution >= 0.6 is 11.6 Å². The smallest absolute Gasteiger partial charge is 0.240 e. The molecule has 3 aromatic rings. The first kappa shape index (κ1) is 23.0. The lowest BCUT2D eigenvalue weighted by Gasteiger charge is -2.27. The van der Waals surface area contributed by atoms with Gasteiger partial charge in [0.2, 0.25) is 5.91 Å². The van der Waals surface area contributed by atoms with E-state index in [-0.39, 0.29) is 18.6 Å². The van der Waals surface area contributed by atoms with Crippen molar-refractivity contribution in [1.82, 2.24) is 19.4 Å². The van der Waals surface area contributed by atoms with Gasteiger partial charge in [0.1, 0.15) is 0 Å². The number of amides is 1. The third-order valence-corrected chi connectivity index (χ3v) is 6.19. The largest absolute Gasteiger partial charge is 0.395 e. The summed E-state index contributed by atoms with van der Waals surface area (Å²) in [5.41, 5.74) is 3.66. The number of imidazole rings is 1. The molecule has 1 saturated heterocycles. The van der Waals surface area contributed by atoms with Gasteiger partial charge < -0.3 is 14.6 Å². The number of rotatable bonds is 9. The Morgan fingerprint density at radius 3 is 2.73 bits per heavy atom. The minimum absolute atomic E-state index is 0.0260. The summed E-state index contributed by atoms with van der Waals surface area (Å²) < 4.78 is 2.04. The van der Waals surface area contributed by atoms with Gasteiger partial charge in [-0.3, -0.25) is 9.69 Å². The number of carbonyl (C=O) groups excluding carboxylic acids is 1. The number of hydrogen-bond donors (Lipinski definition) is 1. The summed E-state index contributed by atoms with van der Waals surface area (Å²) in [7, 11) is 0. The van der Waals surface area contributed by atoms with Crippen LogP contribution in [0.25, 0.3) is 0 Å². The number of likely N-dealkylation sites (tertiary alicyclic amines) is 1. The molecule has 1 amide bonds. The number of hydrogen-bond acceptors (Lipinski definition) is 5. The average molecular weight is 464 g/mol. The highest BCUT2D eigenvalue weighted by atomic mass is 35.5. The Labute approximate surface area is 198 Å². The van der Waals surface area contributed by atoms with Gasteiger partial charge in [-0.15, -0.1) is 0 Å². The predicted molar refractivity (Wildman–Crippen MR) is 125 cm³/mol. The molecule has 0 unspecified atom stereocenters. The van der Waals surface area contributed by atoms with E-state index in [1.165, 1.54) is 0 Å². The molecule has 0 bridgehead atoms. The zero-order valence-corrected chi connectivity index (χ0v) is 19.0.